The van der Waals surface area contributed by atoms with Crippen LogP contribution in [0.4, 0.5) is 0 Å². The van der Waals surface area contributed by atoms with E-state index in [1.54, 1.807) is 0 Å². The summed E-state index contributed by atoms with van der Waals surface area (Å²) >= 11 is 0. The third-order valence-electron chi connectivity index (χ3n) is 3.30. The molecular formula is C14H20N2O2. The van der Waals surface area contributed by atoms with Gasteiger partial charge in [0.1, 0.15) is 0 Å². The first kappa shape index (κ1) is 13.1. The summed E-state index contributed by atoms with van der Waals surface area (Å²) in [7, 11) is 0. The van der Waals surface area contributed by atoms with E-state index in [0.29, 0.717) is 6.54 Å². The van der Waals surface area contributed by atoms with Gasteiger partial charge in [-0.3, -0.25) is 9.69 Å². The van der Waals surface area contributed by atoms with Crippen LogP contribution in [0.2, 0.25) is 0 Å². The third kappa shape index (κ3) is 3.82. The second-order valence-electron chi connectivity index (χ2n) is 4.75. The van der Waals surface area contributed by atoms with E-state index in [4.69, 9.17) is 5.11 Å². The maximum absolute atomic E-state index is 10.5. The van der Waals surface area contributed by atoms with Crippen LogP contribution in [-0.2, 0) is 17.9 Å². The highest BCUT2D eigenvalue weighted by atomic mass is 16.4. The van der Waals surface area contributed by atoms with Gasteiger partial charge >= 0.3 is 5.97 Å². The molecule has 1 aliphatic heterocycles. The lowest BCUT2D eigenvalue weighted by atomic mass is 10.1. The van der Waals surface area contributed by atoms with Gasteiger partial charge < -0.3 is 10.4 Å². The summed E-state index contributed by atoms with van der Waals surface area (Å²) in [6, 6.07) is 8.26. The highest BCUT2D eigenvalue weighted by Crippen LogP contribution is 2.15. The predicted molar refractivity (Wildman–Crippen MR) is 70.3 cm³/mol. The summed E-state index contributed by atoms with van der Waals surface area (Å²) in [5.74, 6) is -0.813. The number of nitrogens with one attached hydrogen (secondary N) is 1. The van der Waals surface area contributed by atoms with Gasteiger partial charge in [-0.1, -0.05) is 24.3 Å². The van der Waals surface area contributed by atoms with E-state index in [9.17, 15) is 4.79 Å². The highest BCUT2D eigenvalue weighted by molar-refractivity contribution is 5.69. The molecular weight excluding hydrogens is 228 g/mol. The molecule has 4 heteroatoms. The van der Waals surface area contributed by atoms with E-state index in [2.05, 4.69) is 22.3 Å². The van der Waals surface area contributed by atoms with E-state index in [0.717, 1.165) is 6.54 Å². The van der Waals surface area contributed by atoms with Crippen molar-refractivity contribution in [1.82, 2.24) is 10.2 Å². The van der Waals surface area contributed by atoms with Gasteiger partial charge in [-0.15, -0.1) is 0 Å². The van der Waals surface area contributed by atoms with Gasteiger partial charge in [0, 0.05) is 13.1 Å². The van der Waals surface area contributed by atoms with Gasteiger partial charge in [0.25, 0.3) is 0 Å². The normalized spacial score (nSPS) is 16.0. The number of carboxylic acids is 1. The molecule has 98 valence electrons. The van der Waals surface area contributed by atoms with E-state index < -0.39 is 5.97 Å². The number of aliphatic carboxylic acids is 1. The fraction of sp³-hybridized carbons (Fsp3) is 0.500. The van der Waals surface area contributed by atoms with Crippen molar-refractivity contribution in [3.8, 4) is 0 Å². The van der Waals surface area contributed by atoms with Crippen molar-refractivity contribution < 1.29 is 9.90 Å². The third-order valence-corrected chi connectivity index (χ3v) is 3.30. The maximum atomic E-state index is 10.5. The molecule has 0 aromatic heterocycles. The lowest BCUT2D eigenvalue weighted by Crippen LogP contribution is -2.24. The van der Waals surface area contributed by atoms with Crippen molar-refractivity contribution in [2.75, 3.05) is 19.6 Å². The van der Waals surface area contributed by atoms with Crippen molar-refractivity contribution in [1.29, 1.82) is 0 Å². The Bertz CT molecular complexity index is 401. The standard InChI is InChI=1S/C14H20N2O2/c17-14(18)10-15-9-12-5-1-2-6-13(12)11-16-7-3-4-8-16/h1-2,5-6,15H,3-4,7-11H2,(H,17,18). The first-order valence-electron chi connectivity index (χ1n) is 6.47. The van der Waals surface area contributed by atoms with Crippen LogP contribution < -0.4 is 5.32 Å². The van der Waals surface area contributed by atoms with E-state index in [1.165, 1.54) is 37.1 Å². The molecule has 0 aliphatic carbocycles. The van der Waals surface area contributed by atoms with Crippen LogP contribution in [0, 0.1) is 0 Å². The largest absolute Gasteiger partial charge is 0.480 e. The number of nitrogens with zero attached hydrogens (tertiary/aromatic N) is 1. The molecule has 0 saturated carbocycles. The van der Waals surface area contributed by atoms with Crippen molar-refractivity contribution in [3.63, 3.8) is 0 Å². The number of rotatable bonds is 6. The lowest BCUT2D eigenvalue weighted by molar-refractivity contribution is -0.135. The van der Waals surface area contributed by atoms with Gasteiger partial charge in [0.15, 0.2) is 0 Å². The maximum Gasteiger partial charge on any atom is 0.317 e. The Balaban J connectivity index is 1.93. The molecule has 1 aromatic rings. The van der Waals surface area contributed by atoms with Crippen LogP contribution in [0.1, 0.15) is 24.0 Å². The molecule has 2 rings (SSSR count). The van der Waals surface area contributed by atoms with Crippen LogP contribution in [0.3, 0.4) is 0 Å². The second kappa shape index (κ2) is 6.52. The smallest absolute Gasteiger partial charge is 0.317 e. The lowest BCUT2D eigenvalue weighted by Gasteiger charge is -2.17. The zero-order chi connectivity index (χ0) is 12.8. The molecule has 1 aromatic carbocycles. The van der Waals surface area contributed by atoms with E-state index in [-0.39, 0.29) is 6.54 Å². The van der Waals surface area contributed by atoms with Gasteiger partial charge in [-0.2, -0.15) is 0 Å². The molecule has 1 aliphatic rings. The van der Waals surface area contributed by atoms with Crippen LogP contribution in [0.15, 0.2) is 24.3 Å². The van der Waals surface area contributed by atoms with Crippen molar-refractivity contribution >= 4 is 5.97 Å². The average Bonchev–Trinajstić information content (AvgIpc) is 2.84. The topological polar surface area (TPSA) is 52.6 Å². The minimum atomic E-state index is -0.813. The second-order valence-corrected chi connectivity index (χ2v) is 4.75. The Labute approximate surface area is 108 Å². The molecule has 0 unspecified atom stereocenters. The summed E-state index contributed by atoms with van der Waals surface area (Å²) in [5, 5.41) is 11.6. The fourth-order valence-electron chi connectivity index (χ4n) is 2.37. The van der Waals surface area contributed by atoms with Gasteiger partial charge in [0.05, 0.1) is 6.54 Å². The van der Waals surface area contributed by atoms with Crippen molar-refractivity contribution in [3.05, 3.63) is 35.4 Å². The van der Waals surface area contributed by atoms with Crippen LogP contribution in [0.25, 0.3) is 0 Å². The first-order valence-corrected chi connectivity index (χ1v) is 6.47. The summed E-state index contributed by atoms with van der Waals surface area (Å²) in [4.78, 5) is 12.9. The minimum Gasteiger partial charge on any atom is -0.480 e. The molecule has 0 bridgehead atoms. The Morgan fingerprint density at radius 2 is 1.89 bits per heavy atom. The number of hydrogen-bond donors (Lipinski definition) is 2. The average molecular weight is 248 g/mol. The SMILES string of the molecule is O=C(O)CNCc1ccccc1CN1CCCC1. The molecule has 0 atom stereocenters. The number of benzene rings is 1. The van der Waals surface area contributed by atoms with Crippen LogP contribution >= 0.6 is 0 Å². The Kier molecular flexibility index (Phi) is 4.73. The predicted octanol–water partition coefficient (Wildman–Crippen LogP) is 1.46. The minimum absolute atomic E-state index is 0.0120. The number of hydrogen-bond acceptors (Lipinski definition) is 3. The monoisotopic (exact) mass is 248 g/mol. The molecule has 1 fully saturated rings. The summed E-state index contributed by atoms with van der Waals surface area (Å²) in [5.41, 5.74) is 2.50. The highest BCUT2D eigenvalue weighted by Gasteiger charge is 2.13. The zero-order valence-electron chi connectivity index (χ0n) is 10.6. The molecule has 0 amide bonds. The van der Waals surface area contributed by atoms with Crippen molar-refractivity contribution in [2.45, 2.75) is 25.9 Å². The summed E-state index contributed by atoms with van der Waals surface area (Å²) < 4.78 is 0. The fourth-order valence-corrected chi connectivity index (χ4v) is 2.37. The van der Waals surface area contributed by atoms with E-state index >= 15 is 0 Å². The van der Waals surface area contributed by atoms with Crippen LogP contribution in [0.5, 0.6) is 0 Å². The first-order chi connectivity index (χ1) is 8.75. The Morgan fingerprint density at radius 3 is 2.56 bits per heavy atom. The number of carbonyl (C=O) groups is 1. The van der Waals surface area contributed by atoms with E-state index in [1.807, 2.05) is 12.1 Å². The van der Waals surface area contributed by atoms with Gasteiger partial charge in [-0.25, -0.2) is 0 Å². The van der Waals surface area contributed by atoms with Gasteiger partial charge in [0.2, 0.25) is 0 Å². The van der Waals surface area contributed by atoms with Crippen LogP contribution in [-0.4, -0.2) is 35.6 Å². The molecule has 1 heterocycles. The molecule has 0 radical (unpaired) electrons. The number of carboxylic acid groups (broad SMARTS) is 1. The zero-order valence-corrected chi connectivity index (χ0v) is 10.6. The summed E-state index contributed by atoms with van der Waals surface area (Å²) in [6.07, 6.45) is 2.58. The molecule has 4 nitrogen and oxygen atoms in total. The summed E-state index contributed by atoms with van der Waals surface area (Å²) in [6.45, 7) is 3.97. The Hall–Kier alpha value is -1.39. The number of likely N-dealkylation sites (tertiary alicyclic amines) is 1. The van der Waals surface area contributed by atoms with Gasteiger partial charge in [-0.05, 0) is 37.1 Å². The molecule has 1 saturated heterocycles. The van der Waals surface area contributed by atoms with Crippen molar-refractivity contribution in [2.24, 2.45) is 0 Å². The molecule has 2 N–H and O–H groups in total. The quantitative estimate of drug-likeness (QED) is 0.800. The molecule has 0 spiro atoms. The Morgan fingerprint density at radius 1 is 1.22 bits per heavy atom. The molecule has 18 heavy (non-hydrogen) atoms.